The lowest BCUT2D eigenvalue weighted by atomic mass is 9.98. The fraction of sp³-hybridized carbons (Fsp3) is 0.529. The van der Waals surface area contributed by atoms with E-state index in [0.717, 1.165) is 31.7 Å². The largest absolute Gasteiger partial charge is 0.459 e. The van der Waals surface area contributed by atoms with Crippen LogP contribution < -0.4 is 0 Å². The highest BCUT2D eigenvalue weighted by Crippen LogP contribution is 2.26. The molecule has 0 radical (unpaired) electrons. The average Bonchev–Trinajstić information content (AvgIpc) is 3.26. The van der Waals surface area contributed by atoms with Gasteiger partial charge in [-0.15, -0.1) is 11.3 Å². The van der Waals surface area contributed by atoms with Crippen molar-refractivity contribution in [3.63, 3.8) is 0 Å². The number of likely N-dealkylation sites (tertiary alicyclic amines) is 1. The maximum Gasteiger partial charge on any atom is 0.290 e. The SMILES string of the molecule is Cc1ncsc1CN1CC[C@@H]2OCCN(C(=O)c3ccco3)[C@H]2C1. The van der Waals surface area contributed by atoms with Gasteiger partial charge in [-0.1, -0.05) is 0 Å². The first-order valence-corrected chi connectivity index (χ1v) is 9.18. The van der Waals surface area contributed by atoms with Crippen LogP contribution in [0.4, 0.5) is 0 Å². The summed E-state index contributed by atoms with van der Waals surface area (Å²) in [5.74, 6) is 0.375. The molecule has 2 aromatic heterocycles. The van der Waals surface area contributed by atoms with E-state index >= 15 is 0 Å². The highest BCUT2D eigenvalue weighted by Gasteiger charge is 2.40. The molecule has 0 unspecified atom stereocenters. The fourth-order valence-electron chi connectivity index (χ4n) is 3.56. The van der Waals surface area contributed by atoms with Crippen LogP contribution >= 0.6 is 11.3 Å². The van der Waals surface area contributed by atoms with Crippen molar-refractivity contribution in [2.75, 3.05) is 26.2 Å². The van der Waals surface area contributed by atoms with Gasteiger partial charge in [-0.2, -0.15) is 0 Å². The van der Waals surface area contributed by atoms with Gasteiger partial charge in [0.1, 0.15) is 0 Å². The summed E-state index contributed by atoms with van der Waals surface area (Å²) in [6.45, 7) is 5.98. The molecule has 0 N–H and O–H groups in total. The number of morpholine rings is 1. The highest BCUT2D eigenvalue weighted by atomic mass is 32.1. The predicted molar refractivity (Wildman–Crippen MR) is 90.0 cm³/mol. The number of fused-ring (bicyclic) bond motifs is 1. The number of furan rings is 1. The number of aryl methyl sites for hydroxylation is 1. The van der Waals surface area contributed by atoms with Crippen LogP contribution in [0.5, 0.6) is 0 Å². The molecule has 24 heavy (non-hydrogen) atoms. The van der Waals surface area contributed by atoms with Gasteiger partial charge in [0.05, 0.1) is 36.2 Å². The minimum absolute atomic E-state index is 0.0332. The first kappa shape index (κ1) is 15.8. The summed E-state index contributed by atoms with van der Waals surface area (Å²) in [5, 5.41) is 0. The van der Waals surface area contributed by atoms with Gasteiger partial charge in [-0.25, -0.2) is 4.98 Å². The third-order valence-electron chi connectivity index (χ3n) is 4.87. The molecule has 0 aliphatic carbocycles. The Hall–Kier alpha value is -1.70. The Morgan fingerprint density at radius 3 is 3.12 bits per heavy atom. The smallest absolute Gasteiger partial charge is 0.290 e. The molecule has 2 aliphatic rings. The van der Waals surface area contributed by atoms with Gasteiger partial charge >= 0.3 is 0 Å². The van der Waals surface area contributed by atoms with Gasteiger partial charge in [0, 0.05) is 31.1 Å². The molecule has 0 saturated carbocycles. The quantitative estimate of drug-likeness (QED) is 0.852. The van der Waals surface area contributed by atoms with Crippen molar-refractivity contribution in [1.82, 2.24) is 14.8 Å². The first-order chi connectivity index (χ1) is 11.7. The van der Waals surface area contributed by atoms with E-state index in [1.54, 1.807) is 29.7 Å². The Morgan fingerprint density at radius 1 is 1.46 bits per heavy atom. The van der Waals surface area contributed by atoms with Crippen LogP contribution in [0.2, 0.25) is 0 Å². The van der Waals surface area contributed by atoms with Gasteiger partial charge in [0.2, 0.25) is 0 Å². The molecule has 2 saturated heterocycles. The number of carbonyl (C=O) groups excluding carboxylic acids is 1. The maximum atomic E-state index is 12.7. The predicted octanol–water partition coefficient (Wildman–Crippen LogP) is 2.16. The van der Waals surface area contributed by atoms with Crippen LogP contribution in [0, 0.1) is 6.92 Å². The number of hydrogen-bond acceptors (Lipinski definition) is 6. The molecule has 4 heterocycles. The topological polar surface area (TPSA) is 58.8 Å². The molecular formula is C17H21N3O3S. The molecule has 1 amide bonds. The Bertz CT molecular complexity index is 700. The number of piperidine rings is 1. The second kappa shape index (κ2) is 6.66. The number of thiazole rings is 1. The van der Waals surface area contributed by atoms with Gasteiger partial charge in [0.15, 0.2) is 5.76 Å². The molecule has 4 rings (SSSR count). The molecular weight excluding hydrogens is 326 g/mol. The summed E-state index contributed by atoms with van der Waals surface area (Å²) in [4.78, 5) is 22.7. The minimum Gasteiger partial charge on any atom is -0.459 e. The second-order valence-corrected chi connectivity index (χ2v) is 7.28. The first-order valence-electron chi connectivity index (χ1n) is 8.30. The van der Waals surface area contributed by atoms with Gasteiger partial charge in [-0.3, -0.25) is 9.69 Å². The molecule has 6 nitrogen and oxygen atoms in total. The Balaban J connectivity index is 1.49. The Kier molecular flexibility index (Phi) is 4.39. The number of nitrogens with zero attached hydrogens (tertiary/aromatic N) is 3. The lowest BCUT2D eigenvalue weighted by Crippen LogP contribution is -2.61. The molecule has 7 heteroatoms. The maximum absolute atomic E-state index is 12.7. The lowest BCUT2D eigenvalue weighted by Gasteiger charge is -2.46. The third kappa shape index (κ3) is 2.99. The number of ether oxygens (including phenoxy) is 1. The monoisotopic (exact) mass is 347 g/mol. The van der Waals surface area contributed by atoms with Crippen molar-refractivity contribution >= 4 is 17.2 Å². The van der Waals surface area contributed by atoms with Crippen LogP contribution in [-0.4, -0.2) is 59.1 Å². The van der Waals surface area contributed by atoms with Crippen molar-refractivity contribution in [2.45, 2.75) is 32.0 Å². The van der Waals surface area contributed by atoms with E-state index in [2.05, 4.69) is 16.8 Å². The molecule has 2 fully saturated rings. The summed E-state index contributed by atoms with van der Waals surface area (Å²) < 4.78 is 11.2. The summed E-state index contributed by atoms with van der Waals surface area (Å²) in [5.41, 5.74) is 3.00. The number of carbonyl (C=O) groups is 1. The number of rotatable bonds is 3. The van der Waals surface area contributed by atoms with Gasteiger partial charge < -0.3 is 14.1 Å². The van der Waals surface area contributed by atoms with Crippen molar-refractivity contribution in [1.29, 1.82) is 0 Å². The molecule has 0 aromatic carbocycles. The minimum atomic E-state index is -0.0332. The Morgan fingerprint density at radius 2 is 2.38 bits per heavy atom. The second-order valence-electron chi connectivity index (χ2n) is 6.34. The molecule has 128 valence electrons. The van der Waals surface area contributed by atoms with Crippen molar-refractivity contribution in [2.24, 2.45) is 0 Å². The van der Waals surface area contributed by atoms with Crippen molar-refractivity contribution in [3.05, 3.63) is 40.2 Å². The summed E-state index contributed by atoms with van der Waals surface area (Å²) in [7, 11) is 0. The van der Waals surface area contributed by atoms with Crippen molar-refractivity contribution in [3.8, 4) is 0 Å². The fourth-order valence-corrected chi connectivity index (χ4v) is 4.37. The van der Waals surface area contributed by atoms with E-state index in [1.807, 2.05) is 10.4 Å². The van der Waals surface area contributed by atoms with E-state index in [-0.39, 0.29) is 18.1 Å². The lowest BCUT2D eigenvalue weighted by molar-refractivity contribution is -0.0918. The third-order valence-corrected chi connectivity index (χ3v) is 5.79. The number of hydrogen-bond donors (Lipinski definition) is 0. The van der Waals surface area contributed by atoms with Crippen LogP contribution in [0.15, 0.2) is 28.3 Å². The molecule has 0 bridgehead atoms. The van der Waals surface area contributed by atoms with Crippen LogP contribution in [-0.2, 0) is 11.3 Å². The van der Waals surface area contributed by atoms with Crippen LogP contribution in [0.25, 0.3) is 0 Å². The number of amides is 1. The van der Waals surface area contributed by atoms with Crippen LogP contribution in [0.1, 0.15) is 27.5 Å². The van der Waals surface area contributed by atoms with Crippen molar-refractivity contribution < 1.29 is 13.9 Å². The zero-order valence-electron chi connectivity index (χ0n) is 13.7. The Labute approximate surface area is 145 Å². The normalized spacial score (nSPS) is 24.8. The van der Waals surface area contributed by atoms with E-state index in [1.165, 1.54) is 4.88 Å². The zero-order valence-corrected chi connectivity index (χ0v) is 14.5. The van der Waals surface area contributed by atoms with Crippen LogP contribution in [0.3, 0.4) is 0 Å². The molecule has 2 atom stereocenters. The number of aromatic nitrogens is 1. The molecule has 0 spiro atoms. The molecule has 2 aliphatic heterocycles. The van der Waals surface area contributed by atoms with Gasteiger partial charge in [0.25, 0.3) is 5.91 Å². The van der Waals surface area contributed by atoms with Gasteiger partial charge in [-0.05, 0) is 25.5 Å². The average molecular weight is 347 g/mol. The summed E-state index contributed by atoms with van der Waals surface area (Å²) in [6, 6.07) is 3.57. The highest BCUT2D eigenvalue weighted by molar-refractivity contribution is 7.09. The van der Waals surface area contributed by atoms with E-state index < -0.39 is 0 Å². The zero-order chi connectivity index (χ0) is 16.5. The summed E-state index contributed by atoms with van der Waals surface area (Å²) >= 11 is 1.70. The van der Waals surface area contributed by atoms with E-state index in [9.17, 15) is 4.79 Å². The van der Waals surface area contributed by atoms with E-state index in [4.69, 9.17) is 9.15 Å². The van der Waals surface area contributed by atoms with E-state index in [0.29, 0.717) is 18.9 Å². The summed E-state index contributed by atoms with van der Waals surface area (Å²) in [6.07, 6.45) is 2.62. The molecule has 2 aromatic rings. The standard InChI is InChI=1S/C17H21N3O3S/c1-12-16(24-11-18-12)10-19-5-4-14-13(9-19)20(6-8-23-14)17(21)15-3-2-7-22-15/h2-3,7,11,13-14H,4-6,8-10H2,1H3/t13-,14-/m0/s1.